The Morgan fingerprint density at radius 2 is 1.86 bits per heavy atom. The SMILES string of the molecule is Cc1cc(F)ccc1CNc1cc(C(=O)N2CCN(CCO)CC2)cc2cc(C)n(CC3CC3)c12. The van der Waals surface area contributed by atoms with Crippen LogP contribution in [0.25, 0.3) is 10.9 Å². The molecule has 0 spiro atoms. The van der Waals surface area contributed by atoms with Gasteiger partial charge in [0.2, 0.25) is 0 Å². The number of nitrogens with one attached hydrogen (secondary N) is 1. The van der Waals surface area contributed by atoms with Crippen molar-refractivity contribution in [3.63, 3.8) is 0 Å². The summed E-state index contributed by atoms with van der Waals surface area (Å²) in [5.41, 5.74) is 5.92. The molecular formula is C28H35FN4O2. The summed E-state index contributed by atoms with van der Waals surface area (Å²) in [6, 6.07) is 11.1. The largest absolute Gasteiger partial charge is 0.395 e. The number of fused-ring (bicyclic) bond motifs is 1. The lowest BCUT2D eigenvalue weighted by Gasteiger charge is -2.34. The molecule has 2 aromatic carbocycles. The van der Waals surface area contributed by atoms with Crippen molar-refractivity contribution in [3.05, 3.63) is 64.6 Å². The summed E-state index contributed by atoms with van der Waals surface area (Å²) in [6.45, 7) is 9.30. The van der Waals surface area contributed by atoms with Gasteiger partial charge in [-0.15, -0.1) is 0 Å². The molecule has 0 unspecified atom stereocenters. The van der Waals surface area contributed by atoms with Crippen LogP contribution in [0.2, 0.25) is 0 Å². The molecule has 0 bridgehead atoms. The van der Waals surface area contributed by atoms with Gasteiger partial charge in [-0.25, -0.2) is 4.39 Å². The minimum atomic E-state index is -0.228. The fourth-order valence-electron chi connectivity index (χ4n) is 5.15. The summed E-state index contributed by atoms with van der Waals surface area (Å²) in [5.74, 6) is 0.548. The molecule has 2 fully saturated rings. The molecule has 0 atom stereocenters. The maximum absolute atomic E-state index is 13.6. The Hall–Kier alpha value is -2.90. The van der Waals surface area contributed by atoms with E-state index in [0.29, 0.717) is 31.7 Å². The van der Waals surface area contributed by atoms with Crippen LogP contribution in [0.15, 0.2) is 36.4 Å². The number of benzene rings is 2. The number of aliphatic hydroxyl groups is 1. The van der Waals surface area contributed by atoms with Crippen molar-refractivity contribution in [2.75, 3.05) is 44.6 Å². The third kappa shape index (κ3) is 5.21. The van der Waals surface area contributed by atoms with Crippen molar-refractivity contribution in [1.82, 2.24) is 14.4 Å². The Balaban J connectivity index is 1.45. The number of piperazine rings is 1. The number of anilines is 1. The Morgan fingerprint density at radius 1 is 1.09 bits per heavy atom. The van der Waals surface area contributed by atoms with E-state index in [1.54, 1.807) is 6.07 Å². The van der Waals surface area contributed by atoms with E-state index in [0.717, 1.165) is 53.3 Å². The molecule has 35 heavy (non-hydrogen) atoms. The molecule has 0 radical (unpaired) electrons. The first-order chi connectivity index (χ1) is 16.9. The van der Waals surface area contributed by atoms with E-state index in [1.165, 1.54) is 24.6 Å². The third-order valence-electron chi connectivity index (χ3n) is 7.43. The first-order valence-corrected chi connectivity index (χ1v) is 12.7. The lowest BCUT2D eigenvalue weighted by Crippen LogP contribution is -2.49. The number of nitrogens with zero attached hydrogens (tertiary/aromatic N) is 3. The predicted molar refractivity (Wildman–Crippen MR) is 137 cm³/mol. The minimum Gasteiger partial charge on any atom is -0.395 e. The highest BCUT2D eigenvalue weighted by atomic mass is 19.1. The van der Waals surface area contributed by atoms with Crippen LogP contribution in [0.4, 0.5) is 10.1 Å². The molecule has 2 heterocycles. The van der Waals surface area contributed by atoms with Crippen LogP contribution >= 0.6 is 0 Å². The Kier molecular flexibility index (Phi) is 6.80. The van der Waals surface area contributed by atoms with Gasteiger partial charge in [-0.1, -0.05) is 6.07 Å². The fraction of sp³-hybridized carbons (Fsp3) is 0.464. The topological polar surface area (TPSA) is 60.7 Å². The van der Waals surface area contributed by atoms with Gasteiger partial charge in [-0.05, 0) is 74.1 Å². The van der Waals surface area contributed by atoms with E-state index in [-0.39, 0.29) is 18.3 Å². The highest BCUT2D eigenvalue weighted by Crippen LogP contribution is 2.36. The molecule has 1 aliphatic heterocycles. The van der Waals surface area contributed by atoms with E-state index < -0.39 is 0 Å². The van der Waals surface area contributed by atoms with Gasteiger partial charge >= 0.3 is 0 Å². The molecule has 5 rings (SSSR count). The maximum Gasteiger partial charge on any atom is 0.254 e. The smallest absolute Gasteiger partial charge is 0.254 e. The first kappa shape index (κ1) is 23.8. The van der Waals surface area contributed by atoms with Crippen LogP contribution in [-0.4, -0.2) is 64.7 Å². The highest BCUT2D eigenvalue weighted by Gasteiger charge is 2.26. The molecule has 1 aliphatic carbocycles. The van der Waals surface area contributed by atoms with Gasteiger partial charge in [-0.3, -0.25) is 9.69 Å². The molecule has 2 aliphatic rings. The second-order valence-corrected chi connectivity index (χ2v) is 10.1. The van der Waals surface area contributed by atoms with E-state index in [2.05, 4.69) is 27.8 Å². The number of aryl methyl sites for hydroxylation is 2. The van der Waals surface area contributed by atoms with E-state index in [1.807, 2.05) is 30.0 Å². The van der Waals surface area contributed by atoms with Crippen LogP contribution in [-0.2, 0) is 13.1 Å². The van der Waals surface area contributed by atoms with E-state index in [9.17, 15) is 14.3 Å². The lowest BCUT2D eigenvalue weighted by atomic mass is 10.1. The van der Waals surface area contributed by atoms with Gasteiger partial charge < -0.3 is 19.9 Å². The van der Waals surface area contributed by atoms with E-state index >= 15 is 0 Å². The number of hydrogen-bond donors (Lipinski definition) is 2. The second kappa shape index (κ2) is 9.99. The molecule has 186 valence electrons. The summed E-state index contributed by atoms with van der Waals surface area (Å²) in [5, 5.41) is 13.9. The Bertz CT molecular complexity index is 1230. The lowest BCUT2D eigenvalue weighted by molar-refractivity contribution is 0.0615. The number of β-amino-alcohol motifs (C(OH)–C–C–N with tert-alkyl or cyclic N) is 1. The molecule has 1 saturated carbocycles. The number of halogens is 1. The van der Waals surface area contributed by atoms with Crippen LogP contribution in [0.1, 0.15) is 40.0 Å². The maximum atomic E-state index is 13.6. The Morgan fingerprint density at radius 3 is 2.54 bits per heavy atom. The van der Waals surface area contributed by atoms with Crippen LogP contribution in [0.5, 0.6) is 0 Å². The second-order valence-electron chi connectivity index (χ2n) is 10.1. The zero-order valence-electron chi connectivity index (χ0n) is 20.7. The summed E-state index contributed by atoms with van der Waals surface area (Å²) in [4.78, 5) is 17.6. The number of carbonyl (C=O) groups is 1. The monoisotopic (exact) mass is 478 g/mol. The number of amides is 1. The van der Waals surface area contributed by atoms with Crippen molar-refractivity contribution >= 4 is 22.5 Å². The zero-order chi connectivity index (χ0) is 24.5. The van der Waals surface area contributed by atoms with Crippen LogP contribution < -0.4 is 5.32 Å². The predicted octanol–water partition coefficient (Wildman–Crippen LogP) is 4.17. The average Bonchev–Trinajstić information content (AvgIpc) is 3.61. The van der Waals surface area contributed by atoms with Crippen molar-refractivity contribution in [1.29, 1.82) is 0 Å². The molecule has 1 saturated heterocycles. The average molecular weight is 479 g/mol. The van der Waals surface area contributed by atoms with Crippen molar-refractivity contribution in [2.24, 2.45) is 5.92 Å². The first-order valence-electron chi connectivity index (χ1n) is 12.7. The fourth-order valence-corrected chi connectivity index (χ4v) is 5.15. The molecule has 1 aromatic heterocycles. The number of carbonyl (C=O) groups excluding carboxylic acids is 1. The van der Waals surface area contributed by atoms with Gasteiger partial charge in [0.1, 0.15) is 5.82 Å². The zero-order valence-corrected chi connectivity index (χ0v) is 20.7. The summed E-state index contributed by atoms with van der Waals surface area (Å²) < 4.78 is 16.0. The summed E-state index contributed by atoms with van der Waals surface area (Å²) in [6.07, 6.45) is 2.55. The molecule has 2 N–H and O–H groups in total. The molecule has 6 nitrogen and oxygen atoms in total. The van der Waals surface area contributed by atoms with Crippen LogP contribution in [0.3, 0.4) is 0 Å². The quantitative estimate of drug-likeness (QED) is 0.510. The molecular weight excluding hydrogens is 443 g/mol. The highest BCUT2D eigenvalue weighted by molar-refractivity contribution is 6.03. The van der Waals surface area contributed by atoms with Gasteiger partial charge in [0, 0.05) is 62.5 Å². The number of rotatable bonds is 8. The van der Waals surface area contributed by atoms with Gasteiger partial charge in [0.15, 0.2) is 0 Å². The summed E-state index contributed by atoms with van der Waals surface area (Å²) >= 11 is 0. The number of aromatic nitrogens is 1. The van der Waals surface area contributed by atoms with Gasteiger partial charge in [0.25, 0.3) is 5.91 Å². The normalized spacial score (nSPS) is 16.7. The van der Waals surface area contributed by atoms with Crippen LogP contribution in [0, 0.1) is 25.6 Å². The molecule has 3 aromatic rings. The minimum absolute atomic E-state index is 0.0455. The van der Waals surface area contributed by atoms with Crippen molar-refractivity contribution < 1.29 is 14.3 Å². The van der Waals surface area contributed by atoms with Crippen molar-refractivity contribution in [2.45, 2.75) is 39.8 Å². The number of hydrogen-bond acceptors (Lipinski definition) is 4. The van der Waals surface area contributed by atoms with Gasteiger partial charge in [0.05, 0.1) is 17.8 Å². The standard InChI is InChI=1S/C28H35FN4O2/c1-19-13-25(29)6-5-22(19)17-30-26-16-24(28(35)32-9-7-31(8-10-32)11-12-34)15-23-14-20(2)33(27(23)26)18-21-3-4-21/h5-6,13-16,21,30,34H,3-4,7-12,17-18H2,1-2H3. The number of aliphatic hydroxyl groups excluding tert-OH is 1. The Labute approximate surface area is 206 Å². The summed E-state index contributed by atoms with van der Waals surface area (Å²) in [7, 11) is 0. The molecule has 7 heteroatoms. The van der Waals surface area contributed by atoms with Crippen molar-refractivity contribution in [3.8, 4) is 0 Å². The van der Waals surface area contributed by atoms with Gasteiger partial charge in [-0.2, -0.15) is 0 Å². The molecule has 1 amide bonds. The van der Waals surface area contributed by atoms with E-state index in [4.69, 9.17) is 0 Å². The third-order valence-corrected chi connectivity index (χ3v) is 7.43.